The summed E-state index contributed by atoms with van der Waals surface area (Å²) in [5, 5.41) is 4.24. The lowest BCUT2D eigenvalue weighted by molar-refractivity contribution is -0.145. The third kappa shape index (κ3) is 3.73. The van der Waals surface area contributed by atoms with Crippen molar-refractivity contribution < 1.29 is 24.0 Å². The van der Waals surface area contributed by atoms with Crippen LogP contribution in [-0.4, -0.2) is 37.2 Å². The lowest BCUT2D eigenvalue weighted by Crippen LogP contribution is -2.31. The van der Waals surface area contributed by atoms with Crippen LogP contribution in [0, 0.1) is 0 Å². The van der Waals surface area contributed by atoms with Crippen molar-refractivity contribution >= 4 is 40.8 Å². The van der Waals surface area contributed by atoms with Crippen LogP contribution >= 0.6 is 11.6 Å². The number of carbonyl (C=O) groups excluding carboxylic acids is 3. The minimum absolute atomic E-state index is 0.264. The van der Waals surface area contributed by atoms with Crippen LogP contribution < -0.4 is 4.90 Å². The van der Waals surface area contributed by atoms with Crippen molar-refractivity contribution in [3.05, 3.63) is 39.9 Å². The van der Waals surface area contributed by atoms with Gasteiger partial charge < -0.3 is 9.57 Å². The molecule has 1 heterocycles. The first-order valence-electron chi connectivity index (χ1n) is 8.58. The molecule has 2 aliphatic rings. The van der Waals surface area contributed by atoms with Gasteiger partial charge in [-0.2, -0.15) is 0 Å². The average molecular weight is 391 g/mol. The molecule has 0 saturated heterocycles. The standard InChI is InChI=1S/C19H19ClN2O5/c1-11(21-27-10-17(23)26-2)15-9-12(7-8-16(15)20)22-18(24)13-5-3-4-6-14(13)19(22)25/h7-9H,3-6,10H2,1-2H3/b21-11+. The van der Waals surface area contributed by atoms with Gasteiger partial charge in [-0.1, -0.05) is 16.8 Å². The summed E-state index contributed by atoms with van der Waals surface area (Å²) in [6.45, 7) is 1.32. The largest absolute Gasteiger partial charge is 0.466 e. The predicted molar refractivity (Wildman–Crippen MR) is 99.6 cm³/mol. The molecule has 1 aromatic carbocycles. The molecule has 0 N–H and O–H groups in total. The first-order chi connectivity index (χ1) is 12.9. The number of carbonyl (C=O) groups is 3. The quantitative estimate of drug-likeness (QED) is 0.334. The van der Waals surface area contributed by atoms with E-state index < -0.39 is 5.97 Å². The molecule has 0 radical (unpaired) electrons. The highest BCUT2D eigenvalue weighted by atomic mass is 35.5. The van der Waals surface area contributed by atoms with Crippen molar-refractivity contribution in [1.82, 2.24) is 0 Å². The smallest absolute Gasteiger partial charge is 0.346 e. The van der Waals surface area contributed by atoms with Crippen LogP contribution in [0.2, 0.25) is 5.02 Å². The summed E-state index contributed by atoms with van der Waals surface area (Å²) in [5.41, 5.74) is 2.58. The number of halogens is 1. The molecule has 3 rings (SSSR count). The molecule has 8 heteroatoms. The molecule has 7 nitrogen and oxygen atoms in total. The van der Waals surface area contributed by atoms with Gasteiger partial charge in [0.2, 0.25) is 6.61 Å². The molecule has 1 aliphatic heterocycles. The number of rotatable bonds is 5. The highest BCUT2D eigenvalue weighted by Gasteiger charge is 2.39. The van der Waals surface area contributed by atoms with Crippen LogP contribution in [0.25, 0.3) is 0 Å². The molecule has 0 saturated carbocycles. The zero-order valence-electron chi connectivity index (χ0n) is 15.1. The van der Waals surface area contributed by atoms with E-state index in [2.05, 4.69) is 9.89 Å². The van der Waals surface area contributed by atoms with Gasteiger partial charge in [-0.05, 0) is 50.8 Å². The van der Waals surface area contributed by atoms with Gasteiger partial charge in [0.25, 0.3) is 11.8 Å². The molecule has 0 aromatic heterocycles. The van der Waals surface area contributed by atoms with Crippen LogP contribution in [0.1, 0.15) is 38.2 Å². The molecule has 0 bridgehead atoms. The van der Waals surface area contributed by atoms with Crippen LogP contribution in [-0.2, 0) is 24.0 Å². The number of methoxy groups -OCH3 is 1. The van der Waals surface area contributed by atoms with Crippen molar-refractivity contribution in [1.29, 1.82) is 0 Å². The molecule has 0 atom stereocenters. The third-order valence-electron chi connectivity index (χ3n) is 4.60. The number of benzene rings is 1. The van der Waals surface area contributed by atoms with E-state index in [9.17, 15) is 14.4 Å². The summed E-state index contributed by atoms with van der Waals surface area (Å²) in [5.74, 6) is -1.09. The Morgan fingerprint density at radius 3 is 2.41 bits per heavy atom. The molecular weight excluding hydrogens is 372 g/mol. The van der Waals surface area contributed by atoms with Crippen molar-refractivity contribution in [2.45, 2.75) is 32.6 Å². The second-order valence-electron chi connectivity index (χ2n) is 6.30. The zero-order valence-corrected chi connectivity index (χ0v) is 15.8. The van der Waals surface area contributed by atoms with E-state index in [1.54, 1.807) is 25.1 Å². The Balaban J connectivity index is 1.86. The Morgan fingerprint density at radius 1 is 1.19 bits per heavy atom. The molecule has 1 aliphatic carbocycles. The number of nitrogens with zero attached hydrogens (tertiary/aromatic N) is 2. The molecular formula is C19H19ClN2O5. The van der Waals surface area contributed by atoms with Gasteiger partial charge in [0, 0.05) is 21.7 Å². The Kier molecular flexibility index (Phi) is 5.60. The van der Waals surface area contributed by atoms with Gasteiger partial charge in [0.15, 0.2) is 0 Å². The normalized spacial score (nSPS) is 17.3. The Labute approximate surface area is 161 Å². The maximum atomic E-state index is 12.7. The van der Waals surface area contributed by atoms with Gasteiger partial charge in [-0.3, -0.25) is 9.59 Å². The van der Waals surface area contributed by atoms with E-state index in [0.717, 1.165) is 12.8 Å². The van der Waals surface area contributed by atoms with E-state index in [-0.39, 0.29) is 18.4 Å². The van der Waals surface area contributed by atoms with Crippen molar-refractivity contribution in [3.8, 4) is 0 Å². The summed E-state index contributed by atoms with van der Waals surface area (Å²) < 4.78 is 4.47. The molecule has 0 unspecified atom stereocenters. The summed E-state index contributed by atoms with van der Waals surface area (Å²) in [6.07, 6.45) is 3.11. The predicted octanol–water partition coefficient (Wildman–Crippen LogP) is 3.00. The summed E-state index contributed by atoms with van der Waals surface area (Å²) in [4.78, 5) is 42.6. The maximum absolute atomic E-state index is 12.7. The fourth-order valence-electron chi connectivity index (χ4n) is 3.19. The lowest BCUT2D eigenvalue weighted by Gasteiger charge is -2.17. The zero-order chi connectivity index (χ0) is 19.6. The number of hydrogen-bond acceptors (Lipinski definition) is 6. The van der Waals surface area contributed by atoms with Crippen molar-refractivity contribution in [2.75, 3.05) is 18.6 Å². The van der Waals surface area contributed by atoms with E-state index in [0.29, 0.717) is 46.0 Å². The van der Waals surface area contributed by atoms with Crippen LogP contribution in [0.5, 0.6) is 0 Å². The molecule has 27 heavy (non-hydrogen) atoms. The number of imide groups is 1. The first kappa shape index (κ1) is 19.1. The van der Waals surface area contributed by atoms with Gasteiger partial charge in [0.05, 0.1) is 18.5 Å². The number of oxime groups is 1. The van der Waals surface area contributed by atoms with Gasteiger partial charge in [0.1, 0.15) is 0 Å². The minimum Gasteiger partial charge on any atom is -0.466 e. The number of esters is 1. The average Bonchev–Trinajstić information content (AvgIpc) is 2.93. The fourth-order valence-corrected chi connectivity index (χ4v) is 3.45. The topological polar surface area (TPSA) is 85.3 Å². The molecule has 0 fully saturated rings. The number of anilines is 1. The number of hydrogen-bond donors (Lipinski definition) is 0. The van der Waals surface area contributed by atoms with E-state index in [1.807, 2.05) is 0 Å². The molecule has 142 valence electrons. The van der Waals surface area contributed by atoms with Crippen LogP contribution in [0.15, 0.2) is 34.5 Å². The lowest BCUT2D eigenvalue weighted by atomic mass is 9.93. The van der Waals surface area contributed by atoms with Crippen LogP contribution in [0.4, 0.5) is 5.69 Å². The Hall–Kier alpha value is -2.67. The second kappa shape index (κ2) is 7.92. The Bertz CT molecular complexity index is 847. The van der Waals surface area contributed by atoms with Crippen molar-refractivity contribution in [3.63, 3.8) is 0 Å². The van der Waals surface area contributed by atoms with E-state index in [4.69, 9.17) is 16.4 Å². The minimum atomic E-state index is -0.559. The Morgan fingerprint density at radius 2 is 1.81 bits per heavy atom. The fraction of sp³-hybridized carbons (Fsp3) is 0.368. The molecule has 1 aromatic rings. The van der Waals surface area contributed by atoms with Gasteiger partial charge in [-0.25, -0.2) is 9.69 Å². The van der Waals surface area contributed by atoms with Crippen molar-refractivity contribution in [2.24, 2.45) is 5.16 Å². The highest BCUT2D eigenvalue weighted by Crippen LogP contribution is 2.36. The monoisotopic (exact) mass is 390 g/mol. The summed E-state index contributed by atoms with van der Waals surface area (Å²) in [7, 11) is 1.25. The summed E-state index contributed by atoms with van der Waals surface area (Å²) in [6, 6.07) is 4.85. The third-order valence-corrected chi connectivity index (χ3v) is 4.93. The van der Waals surface area contributed by atoms with E-state index in [1.165, 1.54) is 12.0 Å². The van der Waals surface area contributed by atoms with Crippen LogP contribution in [0.3, 0.4) is 0 Å². The van der Waals surface area contributed by atoms with Gasteiger partial charge >= 0.3 is 5.97 Å². The SMILES string of the molecule is COC(=O)CO/N=C(\C)c1cc(N2C(=O)C3=C(CCCC3)C2=O)ccc1Cl. The second-order valence-corrected chi connectivity index (χ2v) is 6.71. The summed E-state index contributed by atoms with van der Waals surface area (Å²) >= 11 is 6.23. The number of ether oxygens (including phenoxy) is 1. The molecule has 2 amide bonds. The maximum Gasteiger partial charge on any atom is 0.346 e. The highest BCUT2D eigenvalue weighted by molar-refractivity contribution is 6.35. The first-order valence-corrected chi connectivity index (χ1v) is 8.96. The van der Waals surface area contributed by atoms with E-state index >= 15 is 0 Å². The molecule has 0 spiro atoms. The van der Waals surface area contributed by atoms with Gasteiger partial charge in [-0.15, -0.1) is 0 Å². The number of amides is 2.